The largest absolute Gasteiger partial charge is 0.335 e. The minimum absolute atomic E-state index is 0.0620. The summed E-state index contributed by atoms with van der Waals surface area (Å²) in [6.07, 6.45) is 6.69. The average Bonchev–Trinajstić information content (AvgIpc) is 3.14. The SMILES string of the molecule is Cn1ccnc1-c1ccccc1C(=O)N1CC=C(c2ccccc2)CC1. The molecule has 1 amide bonds. The maximum atomic E-state index is 13.1. The Labute approximate surface area is 153 Å². The monoisotopic (exact) mass is 343 g/mol. The first-order valence-electron chi connectivity index (χ1n) is 8.84. The Morgan fingerprint density at radius 2 is 1.81 bits per heavy atom. The van der Waals surface area contributed by atoms with Crippen LogP contribution in [0.5, 0.6) is 0 Å². The minimum atomic E-state index is 0.0620. The van der Waals surface area contributed by atoms with Crippen LogP contribution in [0.3, 0.4) is 0 Å². The van der Waals surface area contributed by atoms with Crippen LogP contribution in [0.4, 0.5) is 0 Å². The summed E-state index contributed by atoms with van der Waals surface area (Å²) in [4.78, 5) is 19.4. The third-order valence-corrected chi connectivity index (χ3v) is 4.86. The molecule has 0 bridgehead atoms. The van der Waals surface area contributed by atoms with Gasteiger partial charge in [-0.1, -0.05) is 54.6 Å². The molecule has 26 heavy (non-hydrogen) atoms. The number of hydrogen-bond acceptors (Lipinski definition) is 2. The summed E-state index contributed by atoms with van der Waals surface area (Å²) in [5, 5.41) is 0. The summed E-state index contributed by atoms with van der Waals surface area (Å²) in [6, 6.07) is 18.1. The zero-order chi connectivity index (χ0) is 17.9. The molecule has 0 spiro atoms. The molecule has 0 saturated carbocycles. The summed E-state index contributed by atoms with van der Waals surface area (Å²) in [5.41, 5.74) is 4.14. The van der Waals surface area contributed by atoms with Gasteiger partial charge in [0.2, 0.25) is 0 Å². The molecule has 0 atom stereocenters. The van der Waals surface area contributed by atoms with Gasteiger partial charge < -0.3 is 9.47 Å². The molecule has 1 aromatic heterocycles. The van der Waals surface area contributed by atoms with Crippen molar-refractivity contribution in [2.75, 3.05) is 13.1 Å². The Morgan fingerprint density at radius 1 is 1.04 bits per heavy atom. The van der Waals surface area contributed by atoms with Gasteiger partial charge in [0.05, 0.1) is 5.56 Å². The normalized spacial score (nSPS) is 14.2. The number of benzene rings is 2. The lowest BCUT2D eigenvalue weighted by atomic mass is 9.98. The third-order valence-electron chi connectivity index (χ3n) is 4.86. The number of aromatic nitrogens is 2. The maximum Gasteiger partial charge on any atom is 0.254 e. The van der Waals surface area contributed by atoms with Crippen LogP contribution in [0.25, 0.3) is 17.0 Å². The van der Waals surface area contributed by atoms with Crippen molar-refractivity contribution in [2.45, 2.75) is 6.42 Å². The van der Waals surface area contributed by atoms with Gasteiger partial charge in [0, 0.05) is 38.1 Å². The van der Waals surface area contributed by atoms with E-state index >= 15 is 0 Å². The molecule has 0 unspecified atom stereocenters. The fraction of sp³-hybridized carbons (Fsp3) is 0.182. The van der Waals surface area contributed by atoms with Crippen molar-refractivity contribution in [3.63, 3.8) is 0 Å². The molecule has 0 fully saturated rings. The van der Waals surface area contributed by atoms with Crippen LogP contribution in [-0.2, 0) is 7.05 Å². The van der Waals surface area contributed by atoms with Gasteiger partial charge in [0.1, 0.15) is 5.82 Å². The molecule has 1 aliphatic rings. The molecule has 4 heteroatoms. The summed E-state index contributed by atoms with van der Waals surface area (Å²) < 4.78 is 1.94. The molecule has 0 saturated heterocycles. The Balaban J connectivity index is 1.59. The van der Waals surface area contributed by atoms with E-state index in [-0.39, 0.29) is 5.91 Å². The Morgan fingerprint density at radius 3 is 2.50 bits per heavy atom. The molecular formula is C22H21N3O. The van der Waals surface area contributed by atoms with E-state index in [0.717, 1.165) is 24.4 Å². The molecule has 0 N–H and O–H groups in total. The standard InChI is InChI=1S/C22H21N3O/c1-24-16-13-23-21(24)19-9-5-6-10-20(19)22(26)25-14-11-18(12-15-25)17-7-3-2-4-8-17/h2-11,13,16H,12,14-15H2,1H3. The van der Waals surface area contributed by atoms with Crippen molar-refractivity contribution < 1.29 is 4.79 Å². The average molecular weight is 343 g/mol. The number of imidazole rings is 1. The highest BCUT2D eigenvalue weighted by Gasteiger charge is 2.22. The quantitative estimate of drug-likeness (QED) is 0.720. The van der Waals surface area contributed by atoms with E-state index in [1.54, 1.807) is 6.20 Å². The lowest BCUT2D eigenvalue weighted by molar-refractivity contribution is 0.0773. The topological polar surface area (TPSA) is 38.1 Å². The number of carbonyl (C=O) groups excluding carboxylic acids is 1. The first kappa shape index (κ1) is 16.3. The Bertz CT molecular complexity index is 956. The van der Waals surface area contributed by atoms with Gasteiger partial charge in [-0.25, -0.2) is 4.98 Å². The van der Waals surface area contributed by atoms with Gasteiger partial charge in [-0.2, -0.15) is 0 Å². The fourth-order valence-electron chi connectivity index (χ4n) is 3.43. The van der Waals surface area contributed by atoms with E-state index in [2.05, 4.69) is 35.3 Å². The second-order valence-electron chi connectivity index (χ2n) is 6.50. The Hall–Kier alpha value is -3.14. The zero-order valence-corrected chi connectivity index (χ0v) is 14.8. The van der Waals surface area contributed by atoms with Gasteiger partial charge >= 0.3 is 0 Å². The number of carbonyl (C=O) groups is 1. The van der Waals surface area contributed by atoms with Gasteiger partial charge in [0.15, 0.2) is 0 Å². The summed E-state index contributed by atoms with van der Waals surface area (Å²) in [5.74, 6) is 0.874. The predicted octanol–water partition coefficient (Wildman–Crippen LogP) is 4.02. The number of rotatable bonds is 3. The van der Waals surface area contributed by atoms with Gasteiger partial charge in [-0.15, -0.1) is 0 Å². The lowest BCUT2D eigenvalue weighted by Gasteiger charge is -2.27. The maximum absolute atomic E-state index is 13.1. The number of amides is 1. The second kappa shape index (κ2) is 7.00. The smallest absolute Gasteiger partial charge is 0.254 e. The summed E-state index contributed by atoms with van der Waals surface area (Å²) in [6.45, 7) is 1.37. The van der Waals surface area contributed by atoms with Crippen LogP contribution in [0.1, 0.15) is 22.3 Å². The third kappa shape index (κ3) is 3.06. The van der Waals surface area contributed by atoms with Crippen molar-refractivity contribution in [3.8, 4) is 11.4 Å². The van der Waals surface area contributed by atoms with E-state index in [1.807, 2.05) is 53.0 Å². The van der Waals surface area contributed by atoms with Gasteiger partial charge in [-0.3, -0.25) is 4.79 Å². The van der Waals surface area contributed by atoms with E-state index in [1.165, 1.54) is 11.1 Å². The predicted molar refractivity (Wildman–Crippen MR) is 104 cm³/mol. The van der Waals surface area contributed by atoms with Gasteiger partial charge in [0.25, 0.3) is 5.91 Å². The minimum Gasteiger partial charge on any atom is -0.335 e. The van der Waals surface area contributed by atoms with Crippen molar-refractivity contribution in [1.29, 1.82) is 0 Å². The van der Waals surface area contributed by atoms with E-state index in [9.17, 15) is 4.79 Å². The van der Waals surface area contributed by atoms with Gasteiger partial charge in [-0.05, 0) is 23.6 Å². The molecule has 4 rings (SSSR count). The number of hydrogen-bond donors (Lipinski definition) is 0. The number of aryl methyl sites for hydroxylation is 1. The first-order chi connectivity index (χ1) is 12.7. The highest BCUT2D eigenvalue weighted by atomic mass is 16.2. The van der Waals surface area contributed by atoms with Crippen molar-refractivity contribution >= 4 is 11.5 Å². The molecular weight excluding hydrogens is 322 g/mol. The van der Waals surface area contributed by atoms with Crippen LogP contribution >= 0.6 is 0 Å². The summed E-state index contributed by atoms with van der Waals surface area (Å²) >= 11 is 0. The van der Waals surface area contributed by atoms with Crippen LogP contribution in [0, 0.1) is 0 Å². The van der Waals surface area contributed by atoms with Crippen LogP contribution in [0.2, 0.25) is 0 Å². The van der Waals surface area contributed by atoms with E-state index < -0.39 is 0 Å². The van der Waals surface area contributed by atoms with Crippen LogP contribution in [-0.4, -0.2) is 33.4 Å². The van der Waals surface area contributed by atoms with Crippen molar-refractivity contribution in [1.82, 2.24) is 14.5 Å². The Kier molecular flexibility index (Phi) is 4.40. The molecule has 0 aliphatic carbocycles. The number of nitrogens with zero attached hydrogens (tertiary/aromatic N) is 3. The fourth-order valence-corrected chi connectivity index (χ4v) is 3.43. The molecule has 4 nitrogen and oxygen atoms in total. The summed E-state index contributed by atoms with van der Waals surface area (Å²) in [7, 11) is 1.94. The highest BCUT2D eigenvalue weighted by Crippen LogP contribution is 2.26. The highest BCUT2D eigenvalue weighted by molar-refractivity contribution is 6.00. The lowest BCUT2D eigenvalue weighted by Crippen LogP contribution is -2.35. The first-order valence-corrected chi connectivity index (χ1v) is 8.84. The van der Waals surface area contributed by atoms with E-state index in [0.29, 0.717) is 12.1 Å². The van der Waals surface area contributed by atoms with Crippen LogP contribution < -0.4 is 0 Å². The second-order valence-corrected chi connectivity index (χ2v) is 6.50. The molecule has 0 radical (unpaired) electrons. The van der Waals surface area contributed by atoms with Crippen molar-refractivity contribution in [2.24, 2.45) is 7.05 Å². The molecule has 3 aromatic rings. The zero-order valence-electron chi connectivity index (χ0n) is 14.8. The van der Waals surface area contributed by atoms with Crippen molar-refractivity contribution in [3.05, 3.63) is 84.2 Å². The molecule has 130 valence electrons. The molecule has 2 aromatic carbocycles. The van der Waals surface area contributed by atoms with E-state index in [4.69, 9.17) is 0 Å². The molecule has 1 aliphatic heterocycles. The molecule has 2 heterocycles. The van der Waals surface area contributed by atoms with Crippen LogP contribution in [0.15, 0.2) is 73.1 Å².